The number of carbonyl (C=O) groups excluding carboxylic acids is 1. The van der Waals surface area contributed by atoms with Gasteiger partial charge in [-0.2, -0.15) is 0 Å². The summed E-state index contributed by atoms with van der Waals surface area (Å²) in [6.45, 7) is 0.985. The van der Waals surface area contributed by atoms with Crippen molar-refractivity contribution >= 4 is 22.9 Å². The predicted molar refractivity (Wildman–Crippen MR) is 112 cm³/mol. The van der Waals surface area contributed by atoms with Crippen LogP contribution in [0.2, 0.25) is 0 Å². The molecule has 0 saturated heterocycles. The Labute approximate surface area is 168 Å². The van der Waals surface area contributed by atoms with Gasteiger partial charge >= 0.3 is 0 Å². The zero-order valence-electron chi connectivity index (χ0n) is 15.9. The van der Waals surface area contributed by atoms with Crippen molar-refractivity contribution in [3.63, 3.8) is 0 Å². The van der Waals surface area contributed by atoms with Gasteiger partial charge in [-0.3, -0.25) is 4.79 Å². The minimum absolute atomic E-state index is 0.0107. The Morgan fingerprint density at radius 1 is 0.964 bits per heavy atom. The molecule has 1 N–H and O–H groups in total. The Bertz CT molecular complexity index is 979. The number of hydrogen-bond donors (Lipinski definition) is 1. The molecule has 0 saturated carbocycles. The molecular weight excluding hydrogens is 368 g/mol. The third kappa shape index (κ3) is 3.37. The highest BCUT2D eigenvalue weighted by molar-refractivity contribution is 7.14. The fourth-order valence-electron chi connectivity index (χ4n) is 4.20. The molecule has 0 atom stereocenters. The van der Waals surface area contributed by atoms with Crippen LogP contribution < -0.4 is 5.32 Å². The molecule has 1 aromatic carbocycles. The smallest absolute Gasteiger partial charge is 0.265 e. The molecule has 5 nitrogen and oxygen atoms in total. The van der Waals surface area contributed by atoms with E-state index in [2.05, 4.69) is 26.1 Å². The Morgan fingerprint density at radius 2 is 1.79 bits per heavy atom. The van der Waals surface area contributed by atoms with Gasteiger partial charge in [0.25, 0.3) is 5.91 Å². The van der Waals surface area contributed by atoms with Crippen molar-refractivity contribution in [2.75, 3.05) is 5.32 Å². The van der Waals surface area contributed by atoms with Gasteiger partial charge in [-0.05, 0) is 74.4 Å². The molecule has 3 heterocycles. The van der Waals surface area contributed by atoms with Gasteiger partial charge in [0.2, 0.25) is 0 Å². The van der Waals surface area contributed by atoms with Crippen LogP contribution in [0.15, 0.2) is 30.3 Å². The van der Waals surface area contributed by atoms with Gasteiger partial charge in [0.15, 0.2) is 5.82 Å². The van der Waals surface area contributed by atoms with Crippen molar-refractivity contribution in [3.05, 3.63) is 51.5 Å². The molecule has 0 fully saturated rings. The van der Waals surface area contributed by atoms with Crippen LogP contribution in [-0.4, -0.2) is 20.7 Å². The predicted octanol–water partition coefficient (Wildman–Crippen LogP) is 4.86. The van der Waals surface area contributed by atoms with E-state index in [0.717, 1.165) is 53.6 Å². The normalized spacial score (nSPS) is 16.1. The SMILES string of the molecule is O=C(Nc1ccc(-c2nnc3n2CCCCC3)cc1)c1cc2c(s1)CCCC2. The third-order valence-corrected chi connectivity index (χ3v) is 6.97. The van der Waals surface area contributed by atoms with E-state index in [1.165, 1.54) is 42.5 Å². The highest BCUT2D eigenvalue weighted by atomic mass is 32.1. The molecule has 2 aliphatic rings. The molecule has 144 valence electrons. The second kappa shape index (κ2) is 7.51. The topological polar surface area (TPSA) is 59.8 Å². The second-order valence-corrected chi connectivity index (χ2v) is 8.84. The first-order valence-corrected chi connectivity index (χ1v) is 11.0. The third-order valence-electron chi connectivity index (χ3n) is 5.73. The molecule has 6 heteroatoms. The summed E-state index contributed by atoms with van der Waals surface area (Å²) in [6, 6.07) is 10.0. The van der Waals surface area contributed by atoms with Gasteiger partial charge in [0, 0.05) is 29.1 Å². The summed E-state index contributed by atoms with van der Waals surface area (Å²) in [5, 5.41) is 11.8. The lowest BCUT2D eigenvalue weighted by Crippen LogP contribution is -2.10. The van der Waals surface area contributed by atoms with Crippen molar-refractivity contribution in [2.45, 2.75) is 57.9 Å². The number of aromatic nitrogens is 3. The minimum atomic E-state index is -0.0107. The molecule has 5 rings (SSSR count). The largest absolute Gasteiger partial charge is 0.321 e. The van der Waals surface area contributed by atoms with Crippen LogP contribution >= 0.6 is 11.3 Å². The molecule has 0 bridgehead atoms. The van der Waals surface area contributed by atoms with Gasteiger partial charge in [0.05, 0.1) is 4.88 Å². The average Bonchev–Trinajstić information content (AvgIpc) is 3.26. The van der Waals surface area contributed by atoms with E-state index in [-0.39, 0.29) is 5.91 Å². The van der Waals surface area contributed by atoms with Crippen LogP contribution in [0.4, 0.5) is 5.69 Å². The van der Waals surface area contributed by atoms with E-state index in [4.69, 9.17) is 0 Å². The number of aryl methyl sites for hydroxylation is 3. The van der Waals surface area contributed by atoms with Crippen molar-refractivity contribution in [3.8, 4) is 11.4 Å². The first-order valence-electron chi connectivity index (χ1n) is 10.2. The number of nitrogens with zero attached hydrogens (tertiary/aromatic N) is 3. The van der Waals surface area contributed by atoms with Crippen LogP contribution in [-0.2, 0) is 25.8 Å². The summed E-state index contributed by atoms with van der Waals surface area (Å²) >= 11 is 1.65. The molecule has 28 heavy (non-hydrogen) atoms. The number of anilines is 1. The quantitative estimate of drug-likeness (QED) is 0.692. The number of rotatable bonds is 3. The Morgan fingerprint density at radius 3 is 2.64 bits per heavy atom. The monoisotopic (exact) mass is 392 g/mol. The first-order chi connectivity index (χ1) is 13.8. The molecule has 0 spiro atoms. The summed E-state index contributed by atoms with van der Waals surface area (Å²) in [5.74, 6) is 2.01. The molecule has 3 aromatic rings. The molecular formula is C22H24N4OS. The second-order valence-electron chi connectivity index (χ2n) is 7.70. The van der Waals surface area contributed by atoms with Gasteiger partial charge in [-0.1, -0.05) is 6.42 Å². The van der Waals surface area contributed by atoms with E-state index >= 15 is 0 Å². The minimum Gasteiger partial charge on any atom is -0.321 e. The molecule has 0 unspecified atom stereocenters. The Balaban J connectivity index is 1.32. The Hall–Kier alpha value is -2.47. The van der Waals surface area contributed by atoms with Crippen molar-refractivity contribution < 1.29 is 4.79 Å². The zero-order valence-corrected chi connectivity index (χ0v) is 16.7. The number of hydrogen-bond acceptors (Lipinski definition) is 4. The molecule has 1 aliphatic heterocycles. The van der Waals surface area contributed by atoms with Gasteiger partial charge < -0.3 is 9.88 Å². The van der Waals surface area contributed by atoms with Crippen molar-refractivity contribution in [1.82, 2.24) is 14.8 Å². The first kappa shape index (κ1) is 17.6. The van der Waals surface area contributed by atoms with E-state index in [9.17, 15) is 4.79 Å². The molecule has 1 amide bonds. The number of fused-ring (bicyclic) bond motifs is 2. The number of benzene rings is 1. The Kier molecular flexibility index (Phi) is 4.72. The van der Waals surface area contributed by atoms with E-state index in [1.807, 2.05) is 24.3 Å². The highest BCUT2D eigenvalue weighted by Gasteiger charge is 2.18. The maximum atomic E-state index is 12.6. The van der Waals surface area contributed by atoms with E-state index < -0.39 is 0 Å². The molecule has 2 aromatic heterocycles. The lowest BCUT2D eigenvalue weighted by Gasteiger charge is -2.08. The zero-order chi connectivity index (χ0) is 18.9. The van der Waals surface area contributed by atoms with Crippen molar-refractivity contribution in [2.24, 2.45) is 0 Å². The van der Waals surface area contributed by atoms with Crippen LogP contribution in [0.3, 0.4) is 0 Å². The molecule has 1 aliphatic carbocycles. The maximum absolute atomic E-state index is 12.6. The fourth-order valence-corrected chi connectivity index (χ4v) is 5.35. The average molecular weight is 393 g/mol. The van der Waals surface area contributed by atoms with Gasteiger partial charge in [-0.25, -0.2) is 0 Å². The van der Waals surface area contributed by atoms with E-state index in [0.29, 0.717) is 0 Å². The van der Waals surface area contributed by atoms with Crippen LogP contribution in [0.25, 0.3) is 11.4 Å². The number of carbonyl (C=O) groups is 1. The lowest BCUT2D eigenvalue weighted by molar-refractivity contribution is 0.103. The number of thiophene rings is 1. The highest BCUT2D eigenvalue weighted by Crippen LogP contribution is 2.30. The van der Waals surface area contributed by atoms with E-state index in [1.54, 1.807) is 11.3 Å². The summed E-state index contributed by atoms with van der Waals surface area (Å²) in [6.07, 6.45) is 9.32. The molecule has 0 radical (unpaired) electrons. The maximum Gasteiger partial charge on any atom is 0.265 e. The van der Waals surface area contributed by atoms with Gasteiger partial charge in [-0.15, -0.1) is 21.5 Å². The summed E-state index contributed by atoms with van der Waals surface area (Å²) < 4.78 is 2.25. The standard InChI is InChI=1S/C22H24N4OS/c27-22(19-14-16-6-3-4-7-18(16)28-19)23-17-11-9-15(10-12-17)21-25-24-20-8-2-1-5-13-26(20)21/h9-12,14H,1-8,13H2,(H,23,27). The van der Waals surface area contributed by atoms with Crippen LogP contribution in [0, 0.1) is 0 Å². The summed E-state index contributed by atoms with van der Waals surface area (Å²) in [5.41, 5.74) is 3.23. The summed E-state index contributed by atoms with van der Waals surface area (Å²) in [4.78, 5) is 14.9. The van der Waals surface area contributed by atoms with Gasteiger partial charge in [0.1, 0.15) is 5.82 Å². The van der Waals surface area contributed by atoms with Crippen LogP contribution in [0.1, 0.15) is 58.0 Å². The van der Waals surface area contributed by atoms with Crippen LogP contribution in [0.5, 0.6) is 0 Å². The summed E-state index contributed by atoms with van der Waals surface area (Å²) in [7, 11) is 0. The number of nitrogens with one attached hydrogen (secondary N) is 1. The number of amides is 1. The fraction of sp³-hybridized carbons (Fsp3) is 0.409. The van der Waals surface area contributed by atoms with Crippen molar-refractivity contribution in [1.29, 1.82) is 0 Å². The lowest BCUT2D eigenvalue weighted by atomic mass is 9.99.